The number of fused-ring (bicyclic) bond motifs is 1. The van der Waals surface area contributed by atoms with Gasteiger partial charge in [-0.3, -0.25) is 0 Å². The molecule has 194 valence electrons. The maximum Gasteiger partial charge on any atom is 0.182 e. The smallest absolute Gasteiger partial charge is 0.182 e. The van der Waals surface area contributed by atoms with Gasteiger partial charge in [0.05, 0.1) is 27.6 Å². The number of H-pyrrole nitrogens is 1. The molecular formula is C28H33N5O3S. The van der Waals surface area contributed by atoms with Crippen LogP contribution < -0.4 is 15.5 Å². The average Bonchev–Trinajstić information content (AvgIpc) is 3.35. The molecule has 0 saturated carbocycles. The van der Waals surface area contributed by atoms with Gasteiger partial charge in [0.15, 0.2) is 9.84 Å². The first-order valence-electron chi connectivity index (χ1n) is 12.6. The number of aromatic nitrogens is 2. The fourth-order valence-electron chi connectivity index (χ4n) is 4.67. The Morgan fingerprint density at radius 1 is 1.00 bits per heavy atom. The summed E-state index contributed by atoms with van der Waals surface area (Å²) < 4.78 is 25.9. The zero-order valence-corrected chi connectivity index (χ0v) is 22.1. The van der Waals surface area contributed by atoms with E-state index in [1.54, 1.807) is 32.0 Å². The second kappa shape index (κ2) is 10.1. The number of rotatable bonds is 7. The zero-order chi connectivity index (χ0) is 26.2. The summed E-state index contributed by atoms with van der Waals surface area (Å²) in [6, 6.07) is 17.1. The lowest BCUT2D eigenvalue weighted by Gasteiger charge is -2.31. The van der Waals surface area contributed by atoms with Crippen LogP contribution in [-0.2, 0) is 9.84 Å². The molecule has 4 aromatic rings. The molecule has 0 spiro atoms. The Labute approximate surface area is 217 Å². The largest absolute Gasteiger partial charge is 0.393 e. The normalized spacial score (nSPS) is 14.9. The van der Waals surface area contributed by atoms with Crippen molar-refractivity contribution in [2.75, 3.05) is 28.6 Å². The van der Waals surface area contributed by atoms with Gasteiger partial charge in [0, 0.05) is 42.1 Å². The van der Waals surface area contributed by atoms with Crippen LogP contribution in [0.2, 0.25) is 0 Å². The van der Waals surface area contributed by atoms with Gasteiger partial charge in [-0.2, -0.15) is 0 Å². The molecule has 37 heavy (non-hydrogen) atoms. The number of anilines is 5. The quantitative estimate of drug-likeness (QED) is 0.255. The van der Waals surface area contributed by atoms with Gasteiger partial charge in [0.1, 0.15) is 11.5 Å². The van der Waals surface area contributed by atoms with E-state index in [1.165, 1.54) is 0 Å². The lowest BCUT2D eigenvalue weighted by Crippen LogP contribution is -2.35. The van der Waals surface area contributed by atoms with Crippen LogP contribution >= 0.6 is 0 Å². The van der Waals surface area contributed by atoms with E-state index in [2.05, 4.69) is 39.6 Å². The van der Waals surface area contributed by atoms with Crippen molar-refractivity contribution in [3.63, 3.8) is 0 Å². The van der Waals surface area contributed by atoms with Crippen molar-refractivity contribution < 1.29 is 13.5 Å². The summed E-state index contributed by atoms with van der Waals surface area (Å²) in [5, 5.41) is 16.9. The predicted molar refractivity (Wildman–Crippen MR) is 150 cm³/mol. The van der Waals surface area contributed by atoms with E-state index in [0.717, 1.165) is 53.9 Å². The van der Waals surface area contributed by atoms with E-state index in [4.69, 9.17) is 4.98 Å². The maximum atomic E-state index is 13.0. The van der Waals surface area contributed by atoms with Crippen LogP contribution in [-0.4, -0.2) is 47.9 Å². The SMILES string of the molecule is Cc1cc(N2CCC(O)CC2)ccc1Nc1cc(Nc2ccccc2S(=O)(=O)C(C)C)c2cc[nH]c2n1. The molecule has 0 radical (unpaired) electrons. The molecule has 0 aliphatic carbocycles. The Hall–Kier alpha value is -3.56. The fraction of sp³-hybridized carbons (Fsp3) is 0.321. The van der Waals surface area contributed by atoms with Crippen molar-refractivity contribution in [3.05, 3.63) is 66.4 Å². The van der Waals surface area contributed by atoms with Gasteiger partial charge in [0.25, 0.3) is 0 Å². The molecule has 1 fully saturated rings. The molecule has 0 atom stereocenters. The number of sulfone groups is 1. The number of benzene rings is 2. The number of piperidine rings is 1. The van der Waals surface area contributed by atoms with Gasteiger partial charge in [-0.05, 0) is 75.6 Å². The third-order valence-electron chi connectivity index (χ3n) is 6.91. The van der Waals surface area contributed by atoms with Crippen LogP contribution in [0.25, 0.3) is 11.0 Å². The second-order valence-corrected chi connectivity index (χ2v) is 12.3. The molecule has 1 saturated heterocycles. The first-order chi connectivity index (χ1) is 17.7. The standard InChI is InChI=1S/C28H33N5O3S/c1-18(2)37(35,36)26-7-5-4-6-24(26)30-25-17-27(32-28-22(25)10-13-29-28)31-23-9-8-20(16-19(23)3)33-14-11-21(34)12-15-33/h4-10,13,16-18,21,34H,11-12,14-15H2,1-3H3,(H3,29,30,31,32). The van der Waals surface area contributed by atoms with Gasteiger partial charge in [0.2, 0.25) is 0 Å². The predicted octanol–water partition coefficient (Wildman–Crippen LogP) is 5.50. The van der Waals surface area contributed by atoms with E-state index >= 15 is 0 Å². The van der Waals surface area contributed by atoms with E-state index in [9.17, 15) is 13.5 Å². The number of para-hydroxylation sites is 1. The highest BCUT2D eigenvalue weighted by Gasteiger charge is 2.23. The minimum absolute atomic E-state index is 0.201. The molecule has 4 N–H and O–H groups in total. The Balaban J connectivity index is 1.44. The number of aliphatic hydroxyl groups excluding tert-OH is 1. The lowest BCUT2D eigenvalue weighted by atomic mass is 10.1. The Morgan fingerprint density at radius 2 is 1.76 bits per heavy atom. The van der Waals surface area contributed by atoms with E-state index in [1.807, 2.05) is 30.5 Å². The van der Waals surface area contributed by atoms with Crippen LogP contribution in [0.4, 0.5) is 28.6 Å². The summed E-state index contributed by atoms with van der Waals surface area (Å²) in [6.07, 6.45) is 3.19. The Kier molecular flexibility index (Phi) is 6.83. The second-order valence-electron chi connectivity index (χ2n) is 9.85. The number of aliphatic hydroxyl groups is 1. The highest BCUT2D eigenvalue weighted by Crippen LogP contribution is 2.34. The van der Waals surface area contributed by atoms with Crippen LogP contribution in [0.5, 0.6) is 0 Å². The van der Waals surface area contributed by atoms with E-state index < -0.39 is 15.1 Å². The number of aryl methyl sites for hydroxylation is 1. The van der Waals surface area contributed by atoms with Crippen molar-refractivity contribution in [3.8, 4) is 0 Å². The van der Waals surface area contributed by atoms with Crippen molar-refractivity contribution in [1.29, 1.82) is 0 Å². The molecule has 1 aliphatic heterocycles. The van der Waals surface area contributed by atoms with Crippen LogP contribution in [0.1, 0.15) is 32.3 Å². The molecule has 0 bridgehead atoms. The highest BCUT2D eigenvalue weighted by atomic mass is 32.2. The number of nitrogens with zero attached hydrogens (tertiary/aromatic N) is 2. The van der Waals surface area contributed by atoms with Gasteiger partial charge < -0.3 is 25.6 Å². The van der Waals surface area contributed by atoms with Crippen molar-refractivity contribution >= 4 is 49.4 Å². The summed E-state index contributed by atoms with van der Waals surface area (Å²) >= 11 is 0. The maximum absolute atomic E-state index is 13.0. The minimum Gasteiger partial charge on any atom is -0.393 e. The third-order valence-corrected chi connectivity index (χ3v) is 9.12. The van der Waals surface area contributed by atoms with Crippen LogP contribution in [0.15, 0.2) is 65.7 Å². The monoisotopic (exact) mass is 519 g/mol. The van der Waals surface area contributed by atoms with Crippen LogP contribution in [0.3, 0.4) is 0 Å². The van der Waals surface area contributed by atoms with Gasteiger partial charge in [-0.25, -0.2) is 13.4 Å². The Morgan fingerprint density at radius 3 is 2.49 bits per heavy atom. The lowest BCUT2D eigenvalue weighted by molar-refractivity contribution is 0.145. The number of pyridine rings is 1. The van der Waals surface area contributed by atoms with Crippen molar-refractivity contribution in [1.82, 2.24) is 9.97 Å². The first-order valence-corrected chi connectivity index (χ1v) is 14.2. The third kappa shape index (κ3) is 5.14. The molecule has 2 aromatic carbocycles. The summed E-state index contributed by atoms with van der Waals surface area (Å²) in [7, 11) is -3.47. The minimum atomic E-state index is -3.47. The molecule has 5 rings (SSSR count). The molecule has 3 heterocycles. The molecular weight excluding hydrogens is 486 g/mol. The first kappa shape index (κ1) is 25.1. The molecule has 8 nitrogen and oxygen atoms in total. The summed E-state index contributed by atoms with van der Waals surface area (Å²) in [5.41, 5.74) is 5.14. The topological polar surface area (TPSA) is 110 Å². The number of nitrogens with one attached hydrogen (secondary N) is 3. The number of hydrogen-bond donors (Lipinski definition) is 4. The molecule has 1 aliphatic rings. The van der Waals surface area contributed by atoms with Crippen molar-refractivity contribution in [2.24, 2.45) is 0 Å². The molecule has 2 aromatic heterocycles. The van der Waals surface area contributed by atoms with E-state index in [0.29, 0.717) is 17.2 Å². The fourth-order valence-corrected chi connectivity index (χ4v) is 5.87. The summed E-state index contributed by atoms with van der Waals surface area (Å²) in [6.45, 7) is 7.13. The Bertz CT molecular complexity index is 1520. The molecule has 0 unspecified atom stereocenters. The number of hydrogen-bond acceptors (Lipinski definition) is 7. The zero-order valence-electron chi connectivity index (χ0n) is 21.3. The molecule has 0 amide bonds. The average molecular weight is 520 g/mol. The van der Waals surface area contributed by atoms with Gasteiger partial charge >= 0.3 is 0 Å². The highest BCUT2D eigenvalue weighted by molar-refractivity contribution is 7.92. The summed E-state index contributed by atoms with van der Waals surface area (Å²) in [4.78, 5) is 10.5. The van der Waals surface area contributed by atoms with Crippen molar-refractivity contribution in [2.45, 2.75) is 49.9 Å². The molecule has 9 heteroatoms. The summed E-state index contributed by atoms with van der Waals surface area (Å²) in [5.74, 6) is 0.638. The van der Waals surface area contributed by atoms with Crippen LogP contribution in [0, 0.1) is 6.92 Å². The van der Waals surface area contributed by atoms with Gasteiger partial charge in [-0.1, -0.05) is 12.1 Å². The van der Waals surface area contributed by atoms with Gasteiger partial charge in [-0.15, -0.1) is 0 Å². The van der Waals surface area contributed by atoms with E-state index in [-0.39, 0.29) is 11.0 Å². The number of aromatic amines is 1.